The minimum absolute atomic E-state index is 0.0700. The second kappa shape index (κ2) is 6.72. The fourth-order valence-electron chi connectivity index (χ4n) is 2.82. The Morgan fingerprint density at radius 3 is 2.55 bits per heavy atom. The molecule has 1 amide bonds. The van der Waals surface area contributed by atoms with Gasteiger partial charge < -0.3 is 5.32 Å². The number of carbonyl (C=O) groups is 1. The summed E-state index contributed by atoms with van der Waals surface area (Å²) < 4.78 is 0. The number of rotatable bonds is 3. The van der Waals surface area contributed by atoms with E-state index in [2.05, 4.69) is 11.4 Å². The molecule has 4 heteroatoms. The van der Waals surface area contributed by atoms with Crippen LogP contribution in [0.2, 0.25) is 10.0 Å². The quantitative estimate of drug-likeness (QED) is 0.858. The molecule has 114 valence electrons. The number of amides is 1. The van der Waals surface area contributed by atoms with Crippen molar-refractivity contribution in [2.45, 2.75) is 32.2 Å². The summed E-state index contributed by atoms with van der Waals surface area (Å²) >= 11 is 12.0. The van der Waals surface area contributed by atoms with Gasteiger partial charge in [0.2, 0.25) is 0 Å². The Morgan fingerprint density at radius 1 is 1.00 bits per heavy atom. The van der Waals surface area contributed by atoms with Crippen LogP contribution < -0.4 is 5.32 Å². The summed E-state index contributed by atoms with van der Waals surface area (Å²) in [7, 11) is 0. The van der Waals surface area contributed by atoms with Crippen LogP contribution in [0.3, 0.4) is 0 Å². The van der Waals surface area contributed by atoms with Gasteiger partial charge in [-0.3, -0.25) is 4.79 Å². The van der Waals surface area contributed by atoms with Crippen LogP contribution in [0.5, 0.6) is 0 Å². The molecular formula is C18H17Cl2NO. The van der Waals surface area contributed by atoms with Gasteiger partial charge in [-0.15, -0.1) is 0 Å². The first-order valence-corrected chi connectivity index (χ1v) is 8.23. The van der Waals surface area contributed by atoms with E-state index < -0.39 is 0 Å². The molecule has 0 saturated heterocycles. The highest BCUT2D eigenvalue weighted by Crippen LogP contribution is 2.23. The van der Waals surface area contributed by atoms with Crippen molar-refractivity contribution < 1.29 is 4.79 Å². The molecule has 0 fully saturated rings. The van der Waals surface area contributed by atoms with Gasteiger partial charge in [-0.05, 0) is 66.6 Å². The molecule has 1 N–H and O–H groups in total. The Kier molecular flexibility index (Phi) is 4.70. The van der Waals surface area contributed by atoms with Gasteiger partial charge in [0.1, 0.15) is 0 Å². The molecule has 2 nitrogen and oxygen atoms in total. The molecular weight excluding hydrogens is 317 g/mol. The Balaban J connectivity index is 1.69. The van der Waals surface area contributed by atoms with Gasteiger partial charge in [0, 0.05) is 22.2 Å². The highest BCUT2D eigenvalue weighted by atomic mass is 35.5. The molecule has 0 unspecified atom stereocenters. The van der Waals surface area contributed by atoms with E-state index in [4.69, 9.17) is 23.2 Å². The first-order valence-electron chi connectivity index (χ1n) is 7.47. The third-order valence-electron chi connectivity index (χ3n) is 4.07. The Labute approximate surface area is 140 Å². The van der Waals surface area contributed by atoms with Crippen molar-refractivity contribution in [1.82, 2.24) is 5.32 Å². The maximum absolute atomic E-state index is 12.3. The molecule has 0 spiro atoms. The van der Waals surface area contributed by atoms with E-state index in [1.165, 1.54) is 24.0 Å². The van der Waals surface area contributed by atoms with Crippen LogP contribution in [0.4, 0.5) is 0 Å². The van der Waals surface area contributed by atoms with Crippen molar-refractivity contribution in [3.63, 3.8) is 0 Å². The summed E-state index contributed by atoms with van der Waals surface area (Å²) in [6.45, 7) is 0.395. The zero-order valence-corrected chi connectivity index (χ0v) is 13.7. The van der Waals surface area contributed by atoms with Crippen LogP contribution in [-0.2, 0) is 19.4 Å². The van der Waals surface area contributed by atoms with Crippen LogP contribution in [-0.4, -0.2) is 5.91 Å². The van der Waals surface area contributed by atoms with E-state index in [1.54, 1.807) is 12.1 Å². The third-order valence-corrected chi connectivity index (χ3v) is 4.65. The fraction of sp³-hybridized carbons (Fsp3) is 0.278. The number of nitrogens with one attached hydrogen (secondary N) is 1. The smallest absolute Gasteiger partial charge is 0.251 e. The van der Waals surface area contributed by atoms with Gasteiger partial charge in [0.05, 0.1) is 0 Å². The van der Waals surface area contributed by atoms with E-state index in [0.717, 1.165) is 18.4 Å². The maximum atomic E-state index is 12.3. The first kappa shape index (κ1) is 15.4. The highest BCUT2D eigenvalue weighted by molar-refractivity contribution is 6.35. The average molecular weight is 334 g/mol. The zero-order valence-electron chi connectivity index (χ0n) is 12.2. The molecule has 2 aromatic carbocycles. The SMILES string of the molecule is O=C(NCc1ccc(Cl)cc1Cl)c1ccc2c(c1)CCCC2. The van der Waals surface area contributed by atoms with Crippen LogP contribution in [0, 0.1) is 0 Å². The summed E-state index contributed by atoms with van der Waals surface area (Å²) in [6, 6.07) is 11.3. The van der Waals surface area contributed by atoms with E-state index in [1.807, 2.05) is 18.2 Å². The number of benzene rings is 2. The molecule has 0 aromatic heterocycles. The lowest BCUT2D eigenvalue weighted by atomic mass is 9.90. The van der Waals surface area contributed by atoms with Crippen molar-refractivity contribution in [3.05, 3.63) is 68.7 Å². The largest absolute Gasteiger partial charge is 0.348 e. The second-order valence-corrected chi connectivity index (χ2v) is 6.45. The maximum Gasteiger partial charge on any atom is 0.251 e. The molecule has 22 heavy (non-hydrogen) atoms. The topological polar surface area (TPSA) is 29.1 Å². The highest BCUT2D eigenvalue weighted by Gasteiger charge is 2.13. The van der Waals surface area contributed by atoms with Gasteiger partial charge in [-0.25, -0.2) is 0 Å². The van der Waals surface area contributed by atoms with Gasteiger partial charge in [0.15, 0.2) is 0 Å². The van der Waals surface area contributed by atoms with Gasteiger partial charge in [-0.2, -0.15) is 0 Å². The second-order valence-electron chi connectivity index (χ2n) is 5.61. The number of carbonyl (C=O) groups excluding carboxylic acids is 1. The minimum atomic E-state index is -0.0700. The average Bonchev–Trinajstić information content (AvgIpc) is 2.53. The predicted octanol–water partition coefficient (Wildman–Crippen LogP) is 4.80. The molecule has 0 heterocycles. The molecule has 0 saturated carbocycles. The fourth-order valence-corrected chi connectivity index (χ4v) is 3.29. The molecule has 0 atom stereocenters. The van der Waals surface area contributed by atoms with E-state index in [0.29, 0.717) is 22.2 Å². The molecule has 2 aromatic rings. The minimum Gasteiger partial charge on any atom is -0.348 e. The number of fused-ring (bicyclic) bond motifs is 1. The normalized spacial score (nSPS) is 13.5. The lowest BCUT2D eigenvalue weighted by molar-refractivity contribution is 0.0951. The number of hydrogen-bond acceptors (Lipinski definition) is 1. The van der Waals surface area contributed by atoms with E-state index >= 15 is 0 Å². The van der Waals surface area contributed by atoms with E-state index in [9.17, 15) is 4.79 Å². The monoisotopic (exact) mass is 333 g/mol. The van der Waals surface area contributed by atoms with Crippen LogP contribution in [0.25, 0.3) is 0 Å². The first-order chi connectivity index (χ1) is 10.6. The molecule has 0 aliphatic heterocycles. The van der Waals surface area contributed by atoms with Crippen LogP contribution in [0.15, 0.2) is 36.4 Å². The molecule has 0 bridgehead atoms. The van der Waals surface area contributed by atoms with Crippen LogP contribution >= 0.6 is 23.2 Å². The zero-order chi connectivity index (χ0) is 15.5. The lowest BCUT2D eigenvalue weighted by Gasteiger charge is -2.16. The molecule has 3 rings (SSSR count). The number of halogens is 2. The number of hydrogen-bond donors (Lipinski definition) is 1. The molecule has 0 radical (unpaired) electrons. The predicted molar refractivity (Wildman–Crippen MR) is 90.7 cm³/mol. The van der Waals surface area contributed by atoms with Crippen molar-refractivity contribution in [2.24, 2.45) is 0 Å². The third kappa shape index (κ3) is 3.45. The Morgan fingerprint density at radius 2 is 1.77 bits per heavy atom. The van der Waals surface area contributed by atoms with Crippen molar-refractivity contribution in [3.8, 4) is 0 Å². The summed E-state index contributed by atoms with van der Waals surface area (Å²) in [4.78, 5) is 12.3. The standard InChI is InChI=1S/C18H17Cl2NO/c19-16-8-7-15(17(20)10-16)11-21-18(22)14-6-5-12-3-1-2-4-13(12)9-14/h5-10H,1-4,11H2,(H,21,22). The van der Waals surface area contributed by atoms with Crippen molar-refractivity contribution in [1.29, 1.82) is 0 Å². The lowest BCUT2D eigenvalue weighted by Crippen LogP contribution is -2.23. The van der Waals surface area contributed by atoms with Crippen LogP contribution in [0.1, 0.15) is 39.9 Å². The number of aryl methyl sites for hydroxylation is 2. The van der Waals surface area contributed by atoms with Crippen molar-refractivity contribution >= 4 is 29.1 Å². The van der Waals surface area contributed by atoms with Gasteiger partial charge in [0.25, 0.3) is 5.91 Å². The van der Waals surface area contributed by atoms with Gasteiger partial charge in [-0.1, -0.05) is 35.3 Å². The Hall–Kier alpha value is -1.51. The summed E-state index contributed by atoms with van der Waals surface area (Å²) in [5.41, 5.74) is 4.26. The Bertz CT molecular complexity index is 712. The summed E-state index contributed by atoms with van der Waals surface area (Å²) in [6.07, 6.45) is 4.64. The molecule has 1 aliphatic rings. The van der Waals surface area contributed by atoms with Crippen molar-refractivity contribution in [2.75, 3.05) is 0 Å². The van der Waals surface area contributed by atoms with E-state index in [-0.39, 0.29) is 5.91 Å². The van der Waals surface area contributed by atoms with Gasteiger partial charge >= 0.3 is 0 Å². The summed E-state index contributed by atoms with van der Waals surface area (Å²) in [5.74, 6) is -0.0700. The molecule has 1 aliphatic carbocycles. The summed E-state index contributed by atoms with van der Waals surface area (Å²) in [5, 5.41) is 4.08.